The Morgan fingerprint density at radius 2 is 1.92 bits per heavy atom. The van der Waals surface area contributed by atoms with Gasteiger partial charge in [0.2, 0.25) is 5.91 Å². The molecule has 1 atom stereocenters. The molecule has 26 heavy (non-hydrogen) atoms. The average molecular weight is 427 g/mol. The fraction of sp³-hybridized carbons (Fsp3) is 0.579. The maximum absolute atomic E-state index is 12.8. The fourth-order valence-corrected chi connectivity index (χ4v) is 3.56. The van der Waals surface area contributed by atoms with Crippen molar-refractivity contribution in [3.63, 3.8) is 0 Å². The van der Waals surface area contributed by atoms with Crippen molar-refractivity contribution >= 4 is 27.7 Å². The SMILES string of the molecule is CCOc1c(Br)cc(C(=O)N[C@H](C(=O)N2CCCC2)C(C)C)cc1OC. The number of hydrogen-bond acceptors (Lipinski definition) is 4. The zero-order chi connectivity index (χ0) is 19.3. The Bertz CT molecular complexity index is 657. The van der Waals surface area contributed by atoms with Gasteiger partial charge in [0.15, 0.2) is 11.5 Å². The van der Waals surface area contributed by atoms with Crippen LogP contribution in [0.5, 0.6) is 11.5 Å². The first kappa shape index (κ1) is 20.6. The molecule has 0 bridgehead atoms. The van der Waals surface area contributed by atoms with Crippen molar-refractivity contribution in [1.82, 2.24) is 10.2 Å². The number of methoxy groups -OCH3 is 1. The van der Waals surface area contributed by atoms with Gasteiger partial charge >= 0.3 is 0 Å². The van der Waals surface area contributed by atoms with Gasteiger partial charge in [0, 0.05) is 18.7 Å². The summed E-state index contributed by atoms with van der Waals surface area (Å²) in [6.45, 7) is 7.77. The number of benzene rings is 1. The lowest BCUT2D eigenvalue weighted by molar-refractivity contribution is -0.133. The molecule has 0 saturated carbocycles. The number of nitrogens with one attached hydrogen (secondary N) is 1. The van der Waals surface area contributed by atoms with Crippen LogP contribution in [0, 0.1) is 5.92 Å². The largest absolute Gasteiger partial charge is 0.493 e. The second-order valence-electron chi connectivity index (χ2n) is 6.65. The minimum atomic E-state index is -0.545. The average Bonchev–Trinajstić information content (AvgIpc) is 3.14. The summed E-state index contributed by atoms with van der Waals surface area (Å²) in [6.07, 6.45) is 2.04. The van der Waals surface area contributed by atoms with E-state index in [1.165, 1.54) is 7.11 Å². The van der Waals surface area contributed by atoms with Crippen LogP contribution < -0.4 is 14.8 Å². The molecule has 1 heterocycles. The number of likely N-dealkylation sites (tertiary alicyclic amines) is 1. The Labute approximate surface area is 163 Å². The third-order valence-electron chi connectivity index (χ3n) is 4.42. The lowest BCUT2D eigenvalue weighted by Crippen LogP contribution is -2.50. The summed E-state index contributed by atoms with van der Waals surface area (Å²) in [5.74, 6) is 0.708. The van der Waals surface area contributed by atoms with Crippen LogP contribution in [-0.4, -0.2) is 49.6 Å². The van der Waals surface area contributed by atoms with Gasteiger partial charge in [-0.15, -0.1) is 0 Å². The van der Waals surface area contributed by atoms with Crippen LogP contribution in [0.2, 0.25) is 0 Å². The van der Waals surface area contributed by atoms with Gasteiger partial charge in [-0.05, 0) is 53.7 Å². The van der Waals surface area contributed by atoms with Crippen LogP contribution >= 0.6 is 15.9 Å². The second kappa shape index (κ2) is 9.26. The zero-order valence-corrected chi connectivity index (χ0v) is 17.4. The van der Waals surface area contributed by atoms with E-state index in [0.717, 1.165) is 25.9 Å². The highest BCUT2D eigenvalue weighted by atomic mass is 79.9. The van der Waals surface area contributed by atoms with Gasteiger partial charge in [0.25, 0.3) is 5.91 Å². The molecule has 0 radical (unpaired) electrons. The molecule has 1 aliphatic rings. The van der Waals surface area contributed by atoms with E-state index < -0.39 is 6.04 Å². The number of hydrogen-bond donors (Lipinski definition) is 1. The van der Waals surface area contributed by atoms with Gasteiger partial charge in [0.05, 0.1) is 18.2 Å². The van der Waals surface area contributed by atoms with Crippen LogP contribution in [0.1, 0.15) is 44.0 Å². The fourth-order valence-electron chi connectivity index (χ4n) is 3.01. The van der Waals surface area contributed by atoms with Gasteiger partial charge in [-0.3, -0.25) is 9.59 Å². The van der Waals surface area contributed by atoms with Gasteiger partial charge < -0.3 is 19.7 Å². The van der Waals surface area contributed by atoms with E-state index in [-0.39, 0.29) is 17.7 Å². The Kier molecular flexibility index (Phi) is 7.32. The molecule has 1 aliphatic heterocycles. The molecule has 1 fully saturated rings. The van der Waals surface area contributed by atoms with Gasteiger partial charge in [-0.1, -0.05) is 13.8 Å². The standard InChI is InChI=1S/C19H27BrN2O4/c1-5-26-17-14(20)10-13(11-15(17)25-4)18(23)21-16(12(2)3)19(24)22-8-6-7-9-22/h10-12,16H,5-9H2,1-4H3,(H,21,23)/t16-/m0/s1. The maximum atomic E-state index is 12.8. The molecule has 1 saturated heterocycles. The molecule has 1 aromatic rings. The van der Waals surface area contributed by atoms with Crippen LogP contribution in [0.3, 0.4) is 0 Å². The van der Waals surface area contributed by atoms with Crippen LogP contribution in [-0.2, 0) is 4.79 Å². The normalized spacial score (nSPS) is 15.1. The van der Waals surface area contributed by atoms with E-state index in [4.69, 9.17) is 9.47 Å². The second-order valence-corrected chi connectivity index (χ2v) is 7.50. The molecule has 0 aromatic heterocycles. The number of nitrogens with zero attached hydrogens (tertiary/aromatic N) is 1. The molecule has 1 aromatic carbocycles. The highest BCUT2D eigenvalue weighted by Crippen LogP contribution is 2.36. The predicted octanol–water partition coefficient (Wildman–Crippen LogP) is 3.23. The predicted molar refractivity (Wildman–Crippen MR) is 104 cm³/mol. The maximum Gasteiger partial charge on any atom is 0.252 e. The lowest BCUT2D eigenvalue weighted by atomic mass is 10.0. The third-order valence-corrected chi connectivity index (χ3v) is 5.01. The van der Waals surface area contributed by atoms with Gasteiger partial charge in [-0.2, -0.15) is 0 Å². The summed E-state index contributed by atoms with van der Waals surface area (Å²) in [4.78, 5) is 27.3. The van der Waals surface area contributed by atoms with E-state index >= 15 is 0 Å². The molecular formula is C19H27BrN2O4. The number of ether oxygens (including phenoxy) is 2. The number of carbonyl (C=O) groups excluding carboxylic acids is 2. The summed E-state index contributed by atoms with van der Waals surface area (Å²) in [6, 6.07) is 2.76. The first-order valence-corrected chi connectivity index (χ1v) is 9.78. The van der Waals surface area contributed by atoms with Crippen molar-refractivity contribution in [2.75, 3.05) is 26.8 Å². The Morgan fingerprint density at radius 3 is 2.46 bits per heavy atom. The summed E-state index contributed by atoms with van der Waals surface area (Å²) in [7, 11) is 1.53. The van der Waals surface area contributed by atoms with Crippen molar-refractivity contribution in [1.29, 1.82) is 0 Å². The summed E-state index contributed by atoms with van der Waals surface area (Å²) < 4.78 is 11.5. The van der Waals surface area contributed by atoms with Gasteiger partial charge in [0.1, 0.15) is 6.04 Å². The molecule has 0 spiro atoms. The zero-order valence-electron chi connectivity index (χ0n) is 15.8. The lowest BCUT2D eigenvalue weighted by Gasteiger charge is -2.26. The first-order valence-electron chi connectivity index (χ1n) is 8.99. The minimum absolute atomic E-state index is 0.0000779. The molecule has 7 heteroatoms. The Balaban J connectivity index is 2.21. The van der Waals surface area contributed by atoms with E-state index in [2.05, 4.69) is 21.2 Å². The third kappa shape index (κ3) is 4.69. The summed E-state index contributed by atoms with van der Waals surface area (Å²) >= 11 is 3.43. The molecule has 1 N–H and O–H groups in total. The first-order chi connectivity index (χ1) is 12.4. The van der Waals surface area contributed by atoms with E-state index in [0.29, 0.717) is 28.1 Å². The van der Waals surface area contributed by atoms with Crippen molar-refractivity contribution < 1.29 is 19.1 Å². The number of amides is 2. The number of halogens is 1. The number of carbonyl (C=O) groups is 2. The van der Waals surface area contributed by atoms with Crippen molar-refractivity contribution in [3.05, 3.63) is 22.2 Å². The van der Waals surface area contributed by atoms with Crippen LogP contribution in [0.15, 0.2) is 16.6 Å². The summed E-state index contributed by atoms with van der Waals surface area (Å²) in [5, 5.41) is 2.89. The number of rotatable bonds is 7. The van der Waals surface area contributed by atoms with E-state index in [1.54, 1.807) is 12.1 Å². The van der Waals surface area contributed by atoms with E-state index in [1.807, 2.05) is 25.7 Å². The van der Waals surface area contributed by atoms with E-state index in [9.17, 15) is 9.59 Å². The molecule has 6 nitrogen and oxygen atoms in total. The van der Waals surface area contributed by atoms with Crippen molar-refractivity contribution in [2.24, 2.45) is 5.92 Å². The van der Waals surface area contributed by atoms with Crippen LogP contribution in [0.4, 0.5) is 0 Å². The Morgan fingerprint density at radius 1 is 1.27 bits per heavy atom. The Hall–Kier alpha value is -1.76. The quantitative estimate of drug-likeness (QED) is 0.726. The molecule has 2 rings (SSSR count). The molecule has 0 aliphatic carbocycles. The molecule has 0 unspecified atom stereocenters. The monoisotopic (exact) mass is 426 g/mol. The molecule has 144 valence electrons. The minimum Gasteiger partial charge on any atom is -0.493 e. The highest BCUT2D eigenvalue weighted by Gasteiger charge is 2.30. The highest BCUT2D eigenvalue weighted by molar-refractivity contribution is 9.10. The van der Waals surface area contributed by atoms with Crippen molar-refractivity contribution in [3.8, 4) is 11.5 Å². The summed E-state index contributed by atoms with van der Waals surface area (Å²) in [5.41, 5.74) is 0.414. The van der Waals surface area contributed by atoms with Gasteiger partial charge in [-0.25, -0.2) is 0 Å². The van der Waals surface area contributed by atoms with Crippen molar-refractivity contribution in [2.45, 2.75) is 39.7 Å². The molecule has 2 amide bonds. The topological polar surface area (TPSA) is 67.9 Å². The molecular weight excluding hydrogens is 400 g/mol. The van der Waals surface area contributed by atoms with Crippen LogP contribution in [0.25, 0.3) is 0 Å². The smallest absolute Gasteiger partial charge is 0.252 e.